The average molecular weight is 512 g/mol. The Morgan fingerprint density at radius 1 is 1.19 bits per heavy atom. The fourth-order valence-corrected chi connectivity index (χ4v) is 3.94. The molecule has 3 aromatic rings. The topological polar surface area (TPSA) is 126 Å². The molecule has 8 nitrogen and oxygen atoms in total. The Bertz CT molecular complexity index is 1350. The fraction of sp³-hybridized carbons (Fsp3) is 0.444. The van der Waals surface area contributed by atoms with Gasteiger partial charge in [-0.05, 0) is 76.4 Å². The van der Waals surface area contributed by atoms with Gasteiger partial charge in [0.15, 0.2) is 0 Å². The van der Waals surface area contributed by atoms with E-state index in [1.54, 1.807) is 32.0 Å². The highest BCUT2D eigenvalue weighted by molar-refractivity contribution is 5.91. The minimum absolute atomic E-state index is 0.150. The highest BCUT2D eigenvalue weighted by Gasteiger charge is 2.47. The van der Waals surface area contributed by atoms with E-state index in [4.69, 9.17) is 15.2 Å². The number of hydrogen-bond acceptors (Lipinski definition) is 8. The maximum atomic E-state index is 14.9. The molecule has 4 rings (SSSR count). The normalized spacial score (nSPS) is 14.9. The molecule has 2 aromatic carbocycles. The first kappa shape index (κ1) is 26.5. The molecule has 4 N–H and O–H groups in total. The van der Waals surface area contributed by atoms with Crippen LogP contribution in [0.2, 0.25) is 0 Å². The summed E-state index contributed by atoms with van der Waals surface area (Å²) in [5, 5.41) is 23.5. The van der Waals surface area contributed by atoms with Crippen molar-refractivity contribution in [1.82, 2.24) is 9.97 Å². The quantitative estimate of drug-likeness (QED) is 0.257. The SMILES string of the molecule is Cc1nc(N[C@H](C)c2cc(N)cc(C(F)(F)C(C)(C)O)c2)c2cc(OCCOC3CC3)c(C#N)cc2n1. The molecular formula is C27H31F2N5O3. The second kappa shape index (κ2) is 10.1. The number of nitrogens with two attached hydrogens (primary N) is 1. The summed E-state index contributed by atoms with van der Waals surface area (Å²) < 4.78 is 41.2. The van der Waals surface area contributed by atoms with Crippen LogP contribution < -0.4 is 15.8 Å². The number of ether oxygens (including phenoxy) is 2. The Balaban J connectivity index is 1.65. The third kappa shape index (κ3) is 5.89. The zero-order valence-corrected chi connectivity index (χ0v) is 21.3. The first-order valence-electron chi connectivity index (χ1n) is 12.1. The number of aliphatic hydroxyl groups is 1. The van der Waals surface area contributed by atoms with Crippen LogP contribution in [-0.2, 0) is 10.7 Å². The van der Waals surface area contributed by atoms with Gasteiger partial charge < -0.3 is 25.6 Å². The summed E-state index contributed by atoms with van der Waals surface area (Å²) in [5.41, 5.74) is 4.82. The lowest BCUT2D eigenvalue weighted by Crippen LogP contribution is -2.40. The van der Waals surface area contributed by atoms with Crippen LogP contribution >= 0.6 is 0 Å². The molecule has 37 heavy (non-hydrogen) atoms. The van der Waals surface area contributed by atoms with Crippen molar-refractivity contribution < 1.29 is 23.4 Å². The number of halogens is 2. The first-order valence-corrected chi connectivity index (χ1v) is 12.1. The van der Waals surface area contributed by atoms with Crippen LogP contribution in [0.4, 0.5) is 20.3 Å². The molecule has 1 aromatic heterocycles. The standard InChI is InChI=1S/C27H31F2N5O3/c1-15(17-9-19(12-20(31)10-17)27(28,29)26(3,4)35)32-25-22-13-24(37-8-7-36-21-5-6-21)18(14-30)11-23(22)33-16(2)34-25/h9-13,15,21,35H,5-8,31H2,1-4H3,(H,32,33,34)/t15-/m1/s1. The molecule has 1 aliphatic rings. The van der Waals surface area contributed by atoms with Crippen molar-refractivity contribution in [2.24, 2.45) is 0 Å². The Labute approximate surface area is 214 Å². The Morgan fingerprint density at radius 3 is 2.57 bits per heavy atom. The summed E-state index contributed by atoms with van der Waals surface area (Å²) in [5.74, 6) is -2.21. The van der Waals surface area contributed by atoms with E-state index in [1.165, 1.54) is 12.1 Å². The highest BCUT2D eigenvalue weighted by atomic mass is 19.3. The molecule has 0 spiro atoms. The van der Waals surface area contributed by atoms with Crippen LogP contribution in [0, 0.1) is 18.3 Å². The second-order valence-corrected chi connectivity index (χ2v) is 9.90. The van der Waals surface area contributed by atoms with Gasteiger partial charge in [-0.25, -0.2) is 9.97 Å². The van der Waals surface area contributed by atoms with Gasteiger partial charge in [-0.15, -0.1) is 0 Å². The largest absolute Gasteiger partial charge is 0.490 e. The van der Waals surface area contributed by atoms with Crippen LogP contribution in [0.3, 0.4) is 0 Å². The van der Waals surface area contributed by atoms with Crippen molar-refractivity contribution in [3.8, 4) is 11.8 Å². The molecule has 0 amide bonds. The summed E-state index contributed by atoms with van der Waals surface area (Å²) in [7, 11) is 0. The lowest BCUT2D eigenvalue weighted by molar-refractivity contribution is -0.168. The number of nitrogens with zero attached hydrogens (tertiary/aromatic N) is 3. The molecule has 196 valence electrons. The lowest BCUT2D eigenvalue weighted by Gasteiger charge is -2.30. The number of rotatable bonds is 10. The number of aromatic nitrogens is 2. The smallest absolute Gasteiger partial charge is 0.300 e. The van der Waals surface area contributed by atoms with Gasteiger partial charge in [-0.3, -0.25) is 0 Å². The molecule has 1 aliphatic carbocycles. The number of anilines is 2. The van der Waals surface area contributed by atoms with Crippen LogP contribution in [0.15, 0.2) is 30.3 Å². The summed E-state index contributed by atoms with van der Waals surface area (Å²) in [6.07, 6.45) is 2.43. The van der Waals surface area contributed by atoms with Gasteiger partial charge in [0.2, 0.25) is 0 Å². The Kier molecular flexibility index (Phi) is 7.22. The number of nitrogens with one attached hydrogen (secondary N) is 1. The predicted octanol–water partition coefficient (Wildman–Crippen LogP) is 4.99. The molecule has 1 atom stereocenters. The number of aryl methyl sites for hydroxylation is 1. The number of fused-ring (bicyclic) bond motifs is 1. The van der Waals surface area contributed by atoms with E-state index >= 15 is 0 Å². The maximum Gasteiger partial charge on any atom is 0.300 e. The second-order valence-electron chi connectivity index (χ2n) is 9.90. The minimum Gasteiger partial charge on any atom is -0.490 e. The number of hydrogen-bond donors (Lipinski definition) is 3. The molecule has 0 radical (unpaired) electrons. The number of nitriles is 1. The Hall–Kier alpha value is -3.55. The Morgan fingerprint density at radius 2 is 1.92 bits per heavy atom. The van der Waals surface area contributed by atoms with E-state index in [1.807, 2.05) is 0 Å². The zero-order chi connectivity index (χ0) is 27.0. The molecule has 1 saturated carbocycles. The van der Waals surface area contributed by atoms with Gasteiger partial charge >= 0.3 is 5.92 Å². The van der Waals surface area contributed by atoms with E-state index in [0.717, 1.165) is 26.7 Å². The number of benzene rings is 2. The molecule has 1 heterocycles. The predicted molar refractivity (Wildman–Crippen MR) is 137 cm³/mol. The number of alkyl halides is 2. The van der Waals surface area contributed by atoms with Gasteiger partial charge in [0, 0.05) is 16.6 Å². The molecule has 10 heteroatoms. The number of nitrogen functional groups attached to an aromatic ring is 1. The molecular weight excluding hydrogens is 480 g/mol. The van der Waals surface area contributed by atoms with Crippen molar-refractivity contribution in [3.63, 3.8) is 0 Å². The van der Waals surface area contributed by atoms with Gasteiger partial charge in [-0.1, -0.05) is 0 Å². The summed E-state index contributed by atoms with van der Waals surface area (Å²) >= 11 is 0. The lowest BCUT2D eigenvalue weighted by atomic mass is 9.91. The monoisotopic (exact) mass is 511 g/mol. The van der Waals surface area contributed by atoms with Crippen LogP contribution in [0.25, 0.3) is 10.9 Å². The third-order valence-corrected chi connectivity index (χ3v) is 6.21. The fourth-order valence-electron chi connectivity index (χ4n) is 3.94. The summed E-state index contributed by atoms with van der Waals surface area (Å²) in [6, 6.07) is 9.09. The van der Waals surface area contributed by atoms with Crippen molar-refractivity contribution in [2.75, 3.05) is 24.3 Å². The summed E-state index contributed by atoms with van der Waals surface area (Å²) in [6.45, 7) is 6.35. The first-order chi connectivity index (χ1) is 17.4. The van der Waals surface area contributed by atoms with Crippen molar-refractivity contribution >= 4 is 22.4 Å². The average Bonchev–Trinajstić information content (AvgIpc) is 3.64. The third-order valence-electron chi connectivity index (χ3n) is 6.21. The van der Waals surface area contributed by atoms with Crippen LogP contribution in [0.5, 0.6) is 5.75 Å². The van der Waals surface area contributed by atoms with Gasteiger partial charge in [0.25, 0.3) is 0 Å². The maximum absolute atomic E-state index is 14.9. The molecule has 0 unspecified atom stereocenters. The van der Waals surface area contributed by atoms with E-state index in [2.05, 4.69) is 21.4 Å². The van der Waals surface area contributed by atoms with Gasteiger partial charge in [-0.2, -0.15) is 14.0 Å². The van der Waals surface area contributed by atoms with Gasteiger partial charge in [0.05, 0.1) is 29.8 Å². The van der Waals surface area contributed by atoms with E-state index in [9.17, 15) is 19.1 Å². The van der Waals surface area contributed by atoms with E-state index < -0.39 is 17.6 Å². The highest BCUT2D eigenvalue weighted by Crippen LogP contribution is 2.40. The van der Waals surface area contributed by atoms with Crippen molar-refractivity contribution in [3.05, 3.63) is 52.8 Å². The molecule has 0 aliphatic heterocycles. The molecule has 0 bridgehead atoms. The van der Waals surface area contributed by atoms with Crippen molar-refractivity contribution in [1.29, 1.82) is 5.26 Å². The molecule has 0 saturated heterocycles. The van der Waals surface area contributed by atoms with E-state index in [-0.39, 0.29) is 11.3 Å². The van der Waals surface area contributed by atoms with Crippen LogP contribution in [-0.4, -0.2) is 40.0 Å². The van der Waals surface area contributed by atoms with E-state index in [0.29, 0.717) is 58.7 Å². The van der Waals surface area contributed by atoms with Gasteiger partial charge in [0.1, 0.15) is 35.7 Å². The minimum atomic E-state index is -3.52. The zero-order valence-electron chi connectivity index (χ0n) is 21.3. The summed E-state index contributed by atoms with van der Waals surface area (Å²) in [4.78, 5) is 8.97. The van der Waals surface area contributed by atoms with Crippen molar-refractivity contribution in [2.45, 2.75) is 64.2 Å². The molecule has 1 fully saturated rings. The van der Waals surface area contributed by atoms with Crippen LogP contribution in [0.1, 0.15) is 62.2 Å².